The highest BCUT2D eigenvalue weighted by Crippen LogP contribution is 2.21. The van der Waals surface area contributed by atoms with Crippen molar-refractivity contribution in [1.82, 2.24) is 15.0 Å². The van der Waals surface area contributed by atoms with Gasteiger partial charge in [-0.3, -0.25) is 4.98 Å². The van der Waals surface area contributed by atoms with E-state index in [0.29, 0.717) is 17.1 Å². The summed E-state index contributed by atoms with van der Waals surface area (Å²) in [6, 6.07) is 7.07. The van der Waals surface area contributed by atoms with Gasteiger partial charge in [0.25, 0.3) is 0 Å². The van der Waals surface area contributed by atoms with Gasteiger partial charge in [0, 0.05) is 17.6 Å². The Morgan fingerprint density at radius 2 is 2.10 bits per heavy atom. The Morgan fingerprint density at radius 1 is 1.24 bits per heavy atom. The predicted octanol–water partition coefficient (Wildman–Crippen LogP) is 2.12. The maximum Gasteiger partial charge on any atom is 0.242 e. The van der Waals surface area contributed by atoms with Crippen molar-refractivity contribution in [2.45, 2.75) is 31.3 Å². The van der Waals surface area contributed by atoms with E-state index in [-0.39, 0.29) is 6.54 Å². The predicted molar refractivity (Wildman–Crippen MR) is 84.6 cm³/mol. The molecule has 0 aromatic carbocycles. The van der Waals surface area contributed by atoms with Crippen LogP contribution in [0.25, 0.3) is 0 Å². The first-order valence-electron chi connectivity index (χ1n) is 6.80. The first-order valence-corrected chi connectivity index (χ1v) is 9.16. The van der Waals surface area contributed by atoms with E-state index < -0.39 is 10.0 Å². The Morgan fingerprint density at radius 3 is 2.81 bits per heavy atom. The third kappa shape index (κ3) is 4.60. The minimum absolute atomic E-state index is 0.195. The Hall–Kier alpha value is -1.28. The third-order valence-electron chi connectivity index (χ3n) is 2.88. The highest BCUT2D eigenvalue weighted by atomic mass is 32.2. The summed E-state index contributed by atoms with van der Waals surface area (Å²) < 4.78 is 27.3. The number of hydrogen-bond donors (Lipinski definition) is 2. The number of pyridine rings is 1. The number of aromatic nitrogens is 1. The molecule has 0 aliphatic rings. The SMILES string of the molecule is CCCNCc1sccc1S(=O)(=O)NCc1ccccn1. The Kier molecular flexibility index (Phi) is 5.86. The van der Waals surface area contributed by atoms with E-state index in [1.54, 1.807) is 29.8 Å². The molecule has 2 heterocycles. The van der Waals surface area contributed by atoms with Gasteiger partial charge >= 0.3 is 0 Å². The first-order chi connectivity index (χ1) is 10.1. The van der Waals surface area contributed by atoms with Crippen LogP contribution in [0.5, 0.6) is 0 Å². The van der Waals surface area contributed by atoms with Crippen LogP contribution in [-0.4, -0.2) is 19.9 Å². The number of nitrogens with zero attached hydrogens (tertiary/aromatic N) is 1. The fraction of sp³-hybridized carbons (Fsp3) is 0.357. The molecule has 21 heavy (non-hydrogen) atoms. The second-order valence-electron chi connectivity index (χ2n) is 4.53. The molecule has 7 heteroatoms. The van der Waals surface area contributed by atoms with Crippen molar-refractivity contribution in [2.24, 2.45) is 0 Å². The zero-order chi connectivity index (χ0) is 15.1. The van der Waals surface area contributed by atoms with E-state index >= 15 is 0 Å². The van der Waals surface area contributed by atoms with Crippen LogP contribution in [0, 0.1) is 0 Å². The lowest BCUT2D eigenvalue weighted by atomic mass is 10.4. The summed E-state index contributed by atoms with van der Waals surface area (Å²) >= 11 is 1.45. The molecule has 2 rings (SSSR count). The van der Waals surface area contributed by atoms with Gasteiger partial charge in [0.15, 0.2) is 0 Å². The molecule has 0 aliphatic carbocycles. The molecular weight excluding hydrogens is 306 g/mol. The lowest BCUT2D eigenvalue weighted by molar-refractivity contribution is 0.578. The number of sulfonamides is 1. The van der Waals surface area contributed by atoms with Gasteiger partial charge in [-0.25, -0.2) is 13.1 Å². The zero-order valence-corrected chi connectivity index (χ0v) is 13.5. The molecule has 0 saturated heterocycles. The largest absolute Gasteiger partial charge is 0.312 e. The molecule has 2 N–H and O–H groups in total. The molecule has 0 spiro atoms. The van der Waals surface area contributed by atoms with Gasteiger partial charge in [0.05, 0.1) is 17.1 Å². The minimum atomic E-state index is -3.50. The van der Waals surface area contributed by atoms with E-state index in [0.717, 1.165) is 17.8 Å². The van der Waals surface area contributed by atoms with Crippen molar-refractivity contribution >= 4 is 21.4 Å². The van der Waals surface area contributed by atoms with Crippen LogP contribution < -0.4 is 10.0 Å². The maximum atomic E-state index is 12.4. The molecule has 0 unspecified atom stereocenters. The average Bonchev–Trinajstić information content (AvgIpc) is 2.96. The molecule has 5 nitrogen and oxygen atoms in total. The van der Waals surface area contributed by atoms with E-state index in [1.807, 2.05) is 6.07 Å². The Bertz CT molecular complexity index is 654. The van der Waals surface area contributed by atoms with Gasteiger partial charge < -0.3 is 5.32 Å². The lowest BCUT2D eigenvalue weighted by Gasteiger charge is -2.08. The fourth-order valence-corrected chi connectivity index (χ4v) is 4.24. The number of nitrogens with one attached hydrogen (secondary N) is 2. The quantitative estimate of drug-likeness (QED) is 0.729. The van der Waals surface area contributed by atoms with E-state index in [4.69, 9.17) is 0 Å². The Labute approximate surface area is 129 Å². The van der Waals surface area contributed by atoms with Gasteiger partial charge in [-0.15, -0.1) is 11.3 Å². The van der Waals surface area contributed by atoms with Crippen LogP contribution in [0.3, 0.4) is 0 Å². The van der Waals surface area contributed by atoms with Crippen LogP contribution in [0.2, 0.25) is 0 Å². The van der Waals surface area contributed by atoms with Gasteiger partial charge in [0.1, 0.15) is 0 Å². The van der Waals surface area contributed by atoms with E-state index in [9.17, 15) is 8.42 Å². The normalized spacial score (nSPS) is 11.7. The van der Waals surface area contributed by atoms with Crippen LogP contribution in [-0.2, 0) is 23.1 Å². The smallest absolute Gasteiger partial charge is 0.242 e. The van der Waals surface area contributed by atoms with Crippen molar-refractivity contribution < 1.29 is 8.42 Å². The molecule has 0 aliphatic heterocycles. The van der Waals surface area contributed by atoms with Crippen molar-refractivity contribution in [3.05, 3.63) is 46.4 Å². The summed E-state index contributed by atoms with van der Waals surface area (Å²) in [5.74, 6) is 0. The molecule has 0 bridgehead atoms. The monoisotopic (exact) mass is 325 g/mol. The van der Waals surface area contributed by atoms with Crippen molar-refractivity contribution in [2.75, 3.05) is 6.54 Å². The third-order valence-corrected chi connectivity index (χ3v) is 5.41. The standard InChI is InChI=1S/C14H19N3O2S2/c1-2-7-15-11-13-14(6-9-20-13)21(18,19)17-10-12-5-3-4-8-16-12/h3-6,8-9,15,17H,2,7,10-11H2,1H3. The lowest BCUT2D eigenvalue weighted by Crippen LogP contribution is -2.25. The van der Waals surface area contributed by atoms with Crippen LogP contribution >= 0.6 is 11.3 Å². The zero-order valence-electron chi connectivity index (χ0n) is 11.9. The van der Waals surface area contributed by atoms with Gasteiger partial charge in [-0.05, 0) is 36.5 Å². The van der Waals surface area contributed by atoms with Crippen LogP contribution in [0.4, 0.5) is 0 Å². The van der Waals surface area contributed by atoms with Crippen molar-refractivity contribution in [3.63, 3.8) is 0 Å². The van der Waals surface area contributed by atoms with Crippen LogP contribution in [0.15, 0.2) is 40.7 Å². The molecule has 0 fully saturated rings. The summed E-state index contributed by atoms with van der Waals surface area (Å²) in [6.07, 6.45) is 2.67. The molecule has 2 aromatic rings. The minimum Gasteiger partial charge on any atom is -0.312 e. The van der Waals surface area contributed by atoms with Gasteiger partial charge in [0.2, 0.25) is 10.0 Å². The molecule has 0 saturated carbocycles. The highest BCUT2D eigenvalue weighted by molar-refractivity contribution is 7.89. The summed E-state index contributed by atoms with van der Waals surface area (Å²) in [4.78, 5) is 5.29. The van der Waals surface area contributed by atoms with Crippen molar-refractivity contribution in [3.8, 4) is 0 Å². The highest BCUT2D eigenvalue weighted by Gasteiger charge is 2.19. The van der Waals surface area contributed by atoms with Crippen LogP contribution in [0.1, 0.15) is 23.9 Å². The average molecular weight is 325 g/mol. The second-order valence-corrected chi connectivity index (χ2v) is 7.27. The van der Waals surface area contributed by atoms with Gasteiger partial charge in [-0.2, -0.15) is 0 Å². The van der Waals surface area contributed by atoms with E-state index in [1.165, 1.54) is 11.3 Å². The Balaban J connectivity index is 2.04. The molecule has 0 radical (unpaired) electrons. The topological polar surface area (TPSA) is 71.1 Å². The summed E-state index contributed by atoms with van der Waals surface area (Å²) in [5, 5.41) is 5.03. The van der Waals surface area contributed by atoms with E-state index in [2.05, 4.69) is 21.9 Å². The summed E-state index contributed by atoms with van der Waals surface area (Å²) in [6.45, 7) is 3.72. The molecular formula is C14H19N3O2S2. The molecule has 0 atom stereocenters. The second kappa shape index (κ2) is 7.65. The molecule has 2 aromatic heterocycles. The fourth-order valence-electron chi connectivity index (χ4n) is 1.83. The molecule has 114 valence electrons. The van der Waals surface area contributed by atoms with Crippen molar-refractivity contribution in [1.29, 1.82) is 0 Å². The number of thiophene rings is 1. The summed E-state index contributed by atoms with van der Waals surface area (Å²) in [7, 11) is -3.50. The number of hydrogen-bond acceptors (Lipinski definition) is 5. The maximum absolute atomic E-state index is 12.4. The number of rotatable bonds is 8. The van der Waals surface area contributed by atoms with Gasteiger partial charge in [-0.1, -0.05) is 13.0 Å². The molecule has 0 amide bonds. The summed E-state index contributed by atoms with van der Waals surface area (Å²) in [5.41, 5.74) is 0.696. The first kappa shape index (κ1) is 16.1.